The summed E-state index contributed by atoms with van der Waals surface area (Å²) < 4.78 is 41.4. The molecule has 4 rings (SSSR count). The Morgan fingerprint density at radius 3 is 2.40 bits per heavy atom. The maximum absolute atomic E-state index is 14.3. The minimum Gasteiger partial charge on any atom is -0.490 e. The lowest BCUT2D eigenvalue weighted by Gasteiger charge is -2.36. The topological polar surface area (TPSA) is 125 Å². The van der Waals surface area contributed by atoms with Crippen LogP contribution in [0.3, 0.4) is 0 Å². The lowest BCUT2D eigenvalue weighted by molar-refractivity contribution is -0.131. The number of amides is 2. The van der Waals surface area contributed by atoms with Gasteiger partial charge in [0.05, 0.1) is 41.7 Å². The van der Waals surface area contributed by atoms with Gasteiger partial charge < -0.3 is 24.4 Å². The molecule has 4 atom stereocenters. The number of nitrogens with zero attached hydrogens (tertiary/aromatic N) is 2. The predicted molar refractivity (Wildman–Crippen MR) is 182 cm³/mol. The predicted octanol–water partition coefficient (Wildman–Crippen LogP) is 4.98. The Morgan fingerprint density at radius 1 is 1.04 bits per heavy atom. The van der Waals surface area contributed by atoms with E-state index in [0.717, 1.165) is 18.4 Å². The summed E-state index contributed by atoms with van der Waals surface area (Å²) in [5.74, 6) is -0.325. The van der Waals surface area contributed by atoms with Crippen LogP contribution in [-0.4, -0.2) is 86.7 Å². The molecular weight excluding hydrogens is 618 g/mol. The van der Waals surface area contributed by atoms with Crippen LogP contribution in [0.4, 0.5) is 5.69 Å². The van der Waals surface area contributed by atoms with Crippen LogP contribution < -0.4 is 9.46 Å². The van der Waals surface area contributed by atoms with Crippen molar-refractivity contribution in [3.8, 4) is 5.75 Å². The SMILES string of the molecule is C[C@@H]1CCCCO[C@@H](CN(C)C(=O)Cc2ccccc2)[C@H](C)CN([C@H](C)CO)C(=O)c2cc(NS(=O)(=O)c3ccccc3)ccc2O1. The van der Waals surface area contributed by atoms with Crippen LogP contribution in [0.25, 0.3) is 0 Å². The van der Waals surface area contributed by atoms with Gasteiger partial charge in [-0.25, -0.2) is 8.42 Å². The lowest BCUT2D eigenvalue weighted by Crippen LogP contribution is -2.48. The minimum atomic E-state index is -3.91. The van der Waals surface area contributed by atoms with E-state index in [1.807, 2.05) is 44.2 Å². The number of ether oxygens (including phenoxy) is 2. The highest BCUT2D eigenvalue weighted by Crippen LogP contribution is 2.29. The van der Waals surface area contributed by atoms with Crippen LogP contribution in [0, 0.1) is 5.92 Å². The monoisotopic (exact) mass is 665 g/mol. The summed E-state index contributed by atoms with van der Waals surface area (Å²) in [5.41, 5.74) is 1.32. The standard InChI is InChI=1S/C36H47N3O7S/c1-26-23-39(27(2)25-40)36(42)32-22-30(37-47(43,44)31-16-9-6-10-17-31)18-19-33(32)46-28(3)13-11-12-20-45-34(26)24-38(4)35(41)21-29-14-7-5-8-15-29/h5-10,14-19,22,26-28,34,37,40H,11-13,20-21,23-25H2,1-4H3/t26-,27-,28-,34+/m1/s1. The number of nitrogens with one attached hydrogen (secondary N) is 1. The summed E-state index contributed by atoms with van der Waals surface area (Å²) in [7, 11) is -2.15. The van der Waals surface area contributed by atoms with Crippen molar-refractivity contribution in [2.45, 2.75) is 69.6 Å². The van der Waals surface area contributed by atoms with Gasteiger partial charge >= 0.3 is 0 Å². The highest BCUT2D eigenvalue weighted by Gasteiger charge is 2.31. The van der Waals surface area contributed by atoms with Crippen molar-refractivity contribution in [3.63, 3.8) is 0 Å². The quantitative estimate of drug-likeness (QED) is 0.330. The zero-order valence-corrected chi connectivity index (χ0v) is 28.5. The van der Waals surface area contributed by atoms with E-state index in [4.69, 9.17) is 9.47 Å². The molecule has 0 saturated carbocycles. The van der Waals surface area contributed by atoms with Crippen molar-refractivity contribution >= 4 is 27.5 Å². The second-order valence-corrected chi connectivity index (χ2v) is 14.0. The van der Waals surface area contributed by atoms with Gasteiger partial charge in [0.25, 0.3) is 15.9 Å². The third-order valence-electron chi connectivity index (χ3n) is 8.43. The number of sulfonamides is 1. The molecule has 1 heterocycles. The molecule has 0 saturated heterocycles. The van der Waals surface area contributed by atoms with Crippen LogP contribution in [0.2, 0.25) is 0 Å². The fraction of sp³-hybridized carbons (Fsp3) is 0.444. The van der Waals surface area contributed by atoms with E-state index < -0.39 is 22.0 Å². The Labute approximate surface area is 278 Å². The van der Waals surface area contributed by atoms with E-state index in [9.17, 15) is 23.1 Å². The first-order valence-electron chi connectivity index (χ1n) is 16.2. The summed E-state index contributed by atoms with van der Waals surface area (Å²) in [5, 5.41) is 10.2. The molecular formula is C36H47N3O7S. The molecule has 10 nitrogen and oxygen atoms in total. The van der Waals surface area contributed by atoms with Gasteiger partial charge in [0, 0.05) is 38.3 Å². The number of fused-ring (bicyclic) bond motifs is 1. The number of rotatable bonds is 9. The zero-order valence-electron chi connectivity index (χ0n) is 27.7. The van der Waals surface area contributed by atoms with E-state index in [-0.39, 0.29) is 59.8 Å². The number of hydrogen-bond donors (Lipinski definition) is 2. The summed E-state index contributed by atoms with van der Waals surface area (Å²) in [6.07, 6.45) is 2.01. The molecule has 2 N–H and O–H groups in total. The molecule has 0 aliphatic carbocycles. The first-order valence-corrected chi connectivity index (χ1v) is 17.7. The highest BCUT2D eigenvalue weighted by molar-refractivity contribution is 7.92. The summed E-state index contributed by atoms with van der Waals surface area (Å²) in [6.45, 7) is 6.43. The average Bonchev–Trinajstić information content (AvgIpc) is 3.06. The van der Waals surface area contributed by atoms with Crippen LogP contribution >= 0.6 is 0 Å². The normalized spacial score (nSPS) is 20.3. The van der Waals surface area contributed by atoms with E-state index >= 15 is 0 Å². The molecule has 1 aliphatic heterocycles. The molecule has 3 aromatic rings. The molecule has 0 fully saturated rings. The molecule has 0 bridgehead atoms. The van der Waals surface area contributed by atoms with Crippen molar-refractivity contribution < 1.29 is 32.6 Å². The molecule has 0 aromatic heterocycles. The van der Waals surface area contributed by atoms with Crippen LogP contribution in [0.15, 0.2) is 83.8 Å². The molecule has 11 heteroatoms. The van der Waals surface area contributed by atoms with E-state index in [2.05, 4.69) is 4.72 Å². The molecule has 1 aliphatic rings. The van der Waals surface area contributed by atoms with Gasteiger partial charge in [-0.05, 0) is 69.0 Å². The molecule has 3 aromatic carbocycles. The highest BCUT2D eigenvalue weighted by atomic mass is 32.2. The number of aliphatic hydroxyl groups is 1. The maximum Gasteiger partial charge on any atom is 0.261 e. The number of carbonyl (C=O) groups is 2. The number of carbonyl (C=O) groups excluding carboxylic acids is 2. The van der Waals surface area contributed by atoms with Crippen molar-refractivity contribution in [1.82, 2.24) is 9.80 Å². The summed E-state index contributed by atoms with van der Waals surface area (Å²) in [6, 6.07) is 21.7. The Kier molecular flexibility index (Phi) is 12.8. The van der Waals surface area contributed by atoms with Crippen LogP contribution in [-0.2, 0) is 26.0 Å². The molecule has 0 spiro atoms. The van der Waals surface area contributed by atoms with Crippen molar-refractivity contribution in [2.24, 2.45) is 5.92 Å². The fourth-order valence-electron chi connectivity index (χ4n) is 5.54. The van der Waals surface area contributed by atoms with E-state index in [1.165, 1.54) is 18.2 Å². The van der Waals surface area contributed by atoms with Crippen molar-refractivity contribution in [1.29, 1.82) is 0 Å². The number of hydrogen-bond acceptors (Lipinski definition) is 7. The third kappa shape index (κ3) is 10.0. The van der Waals surface area contributed by atoms with Crippen LogP contribution in [0.1, 0.15) is 56.0 Å². The molecule has 2 amide bonds. The Balaban J connectivity index is 1.63. The van der Waals surface area contributed by atoms with Gasteiger partial charge in [0.15, 0.2) is 0 Å². The fourth-order valence-corrected chi connectivity index (χ4v) is 6.61. The van der Waals surface area contributed by atoms with Gasteiger partial charge in [-0.1, -0.05) is 55.5 Å². The lowest BCUT2D eigenvalue weighted by atomic mass is 10.0. The third-order valence-corrected chi connectivity index (χ3v) is 9.83. The van der Waals surface area contributed by atoms with Crippen LogP contribution in [0.5, 0.6) is 5.75 Å². The van der Waals surface area contributed by atoms with E-state index in [0.29, 0.717) is 25.3 Å². The maximum atomic E-state index is 14.3. The second-order valence-electron chi connectivity index (χ2n) is 12.4. The summed E-state index contributed by atoms with van der Waals surface area (Å²) >= 11 is 0. The van der Waals surface area contributed by atoms with Crippen molar-refractivity contribution in [3.05, 3.63) is 90.0 Å². The molecule has 0 unspecified atom stereocenters. The Hall–Kier alpha value is -3.93. The second kappa shape index (κ2) is 16.8. The summed E-state index contributed by atoms with van der Waals surface area (Å²) in [4.78, 5) is 30.8. The molecule has 47 heavy (non-hydrogen) atoms. The number of benzene rings is 3. The smallest absolute Gasteiger partial charge is 0.261 e. The average molecular weight is 666 g/mol. The largest absolute Gasteiger partial charge is 0.490 e. The number of anilines is 1. The Morgan fingerprint density at radius 2 is 1.72 bits per heavy atom. The van der Waals surface area contributed by atoms with Gasteiger partial charge in [-0.15, -0.1) is 0 Å². The zero-order chi connectivity index (χ0) is 34.0. The van der Waals surface area contributed by atoms with E-state index in [1.54, 1.807) is 54.1 Å². The van der Waals surface area contributed by atoms with Crippen molar-refractivity contribution in [2.75, 3.05) is 38.1 Å². The first kappa shape index (κ1) is 35.9. The van der Waals surface area contributed by atoms with Gasteiger partial charge in [0.2, 0.25) is 5.91 Å². The first-order chi connectivity index (χ1) is 22.5. The van der Waals surface area contributed by atoms with Gasteiger partial charge in [-0.3, -0.25) is 14.3 Å². The van der Waals surface area contributed by atoms with Gasteiger partial charge in [0.1, 0.15) is 5.75 Å². The van der Waals surface area contributed by atoms with Gasteiger partial charge in [-0.2, -0.15) is 0 Å². The minimum absolute atomic E-state index is 0.0338. The molecule has 254 valence electrons. The number of likely N-dealkylation sites (N-methyl/N-ethyl adjacent to an activating group) is 1. The number of aliphatic hydroxyl groups excluding tert-OH is 1. The Bertz CT molecular complexity index is 1570. The molecule has 0 radical (unpaired) electrons.